The Morgan fingerprint density at radius 2 is 2.10 bits per heavy atom. The number of anilines is 1. The third-order valence-corrected chi connectivity index (χ3v) is 4.42. The van der Waals surface area contributed by atoms with Crippen molar-refractivity contribution < 1.29 is 13.7 Å². The summed E-state index contributed by atoms with van der Waals surface area (Å²) in [6.45, 7) is 1.68. The first-order valence-corrected chi connectivity index (χ1v) is 9.06. The summed E-state index contributed by atoms with van der Waals surface area (Å²) in [5, 5.41) is 6.77. The van der Waals surface area contributed by atoms with Gasteiger partial charge in [-0.1, -0.05) is 29.4 Å². The molecule has 4 aromatic rings. The Bertz CT molecular complexity index is 1140. The third kappa shape index (κ3) is 4.21. The van der Waals surface area contributed by atoms with Gasteiger partial charge in [-0.25, -0.2) is 9.37 Å². The minimum absolute atomic E-state index is 0.169. The Labute approximate surface area is 166 Å². The standard InChI is InChI=1S/C21H18FN5O2/c1-14-6-7-15(12-16(14)22)21-25-20(29-26-21)9-8-19(28)24-17-4-2-3-5-18(17)27-11-10-23-13-27/h2-7,10-13H,8-9H2,1H3,(H,24,28). The van der Waals surface area contributed by atoms with Gasteiger partial charge in [-0.15, -0.1) is 0 Å². The summed E-state index contributed by atoms with van der Waals surface area (Å²) < 4.78 is 20.7. The Morgan fingerprint density at radius 3 is 2.90 bits per heavy atom. The molecule has 0 aliphatic rings. The van der Waals surface area contributed by atoms with Gasteiger partial charge in [0, 0.05) is 30.8 Å². The predicted molar refractivity (Wildman–Crippen MR) is 105 cm³/mol. The summed E-state index contributed by atoms with van der Waals surface area (Å²) in [4.78, 5) is 20.7. The number of aromatic nitrogens is 4. The lowest BCUT2D eigenvalue weighted by atomic mass is 10.1. The van der Waals surface area contributed by atoms with E-state index in [0.29, 0.717) is 28.5 Å². The second-order valence-corrected chi connectivity index (χ2v) is 6.51. The molecule has 0 unspecified atom stereocenters. The minimum atomic E-state index is -0.329. The zero-order valence-corrected chi connectivity index (χ0v) is 15.7. The maximum atomic E-state index is 13.7. The van der Waals surface area contributed by atoms with Gasteiger partial charge in [-0.2, -0.15) is 4.98 Å². The van der Waals surface area contributed by atoms with E-state index in [0.717, 1.165) is 5.69 Å². The van der Waals surface area contributed by atoms with Gasteiger partial charge in [0.25, 0.3) is 0 Å². The monoisotopic (exact) mass is 391 g/mol. The number of carbonyl (C=O) groups excluding carboxylic acids is 1. The fourth-order valence-corrected chi connectivity index (χ4v) is 2.84. The molecule has 4 rings (SSSR count). The maximum absolute atomic E-state index is 13.7. The largest absolute Gasteiger partial charge is 0.339 e. The summed E-state index contributed by atoms with van der Waals surface area (Å²) >= 11 is 0. The quantitative estimate of drug-likeness (QED) is 0.538. The fourth-order valence-electron chi connectivity index (χ4n) is 2.84. The number of carbonyl (C=O) groups is 1. The van der Waals surface area contributed by atoms with Crippen LogP contribution < -0.4 is 5.32 Å². The van der Waals surface area contributed by atoms with E-state index in [1.165, 1.54) is 6.07 Å². The van der Waals surface area contributed by atoms with Gasteiger partial charge in [0.2, 0.25) is 17.6 Å². The second-order valence-electron chi connectivity index (χ2n) is 6.51. The lowest BCUT2D eigenvalue weighted by molar-refractivity contribution is -0.116. The number of aryl methyl sites for hydroxylation is 2. The summed E-state index contributed by atoms with van der Waals surface area (Å²) in [5.74, 6) is 0.104. The van der Waals surface area contributed by atoms with E-state index < -0.39 is 0 Å². The molecule has 2 aromatic carbocycles. The Kier molecular flexibility index (Phi) is 5.15. The predicted octanol–water partition coefficient (Wildman–Crippen LogP) is 3.94. The number of imidazole rings is 1. The lowest BCUT2D eigenvalue weighted by Gasteiger charge is -2.11. The SMILES string of the molecule is Cc1ccc(-c2noc(CCC(=O)Nc3ccccc3-n3ccnc3)n2)cc1F. The fraction of sp³-hybridized carbons (Fsp3) is 0.143. The number of hydrogen-bond donors (Lipinski definition) is 1. The van der Waals surface area contributed by atoms with Gasteiger partial charge >= 0.3 is 0 Å². The highest BCUT2D eigenvalue weighted by Gasteiger charge is 2.13. The number of para-hydroxylation sites is 2. The number of rotatable bonds is 6. The molecule has 0 saturated carbocycles. The van der Waals surface area contributed by atoms with Crippen molar-refractivity contribution in [3.05, 3.63) is 78.5 Å². The normalized spacial score (nSPS) is 10.8. The molecule has 0 spiro atoms. The number of nitrogens with zero attached hydrogens (tertiary/aromatic N) is 4. The van der Waals surface area contributed by atoms with Gasteiger partial charge < -0.3 is 14.4 Å². The molecule has 2 aromatic heterocycles. The summed E-state index contributed by atoms with van der Waals surface area (Å²) in [6.07, 6.45) is 5.59. The second kappa shape index (κ2) is 8.05. The van der Waals surface area contributed by atoms with E-state index in [2.05, 4.69) is 20.4 Å². The number of hydrogen-bond acceptors (Lipinski definition) is 5. The van der Waals surface area contributed by atoms with Crippen LogP contribution in [0.2, 0.25) is 0 Å². The molecular formula is C21H18FN5O2. The molecule has 8 heteroatoms. The van der Waals surface area contributed by atoms with Crippen LogP contribution in [0.3, 0.4) is 0 Å². The topological polar surface area (TPSA) is 85.8 Å². The summed E-state index contributed by atoms with van der Waals surface area (Å²) in [7, 11) is 0. The Balaban J connectivity index is 1.40. The molecule has 0 saturated heterocycles. The number of amides is 1. The van der Waals surface area contributed by atoms with Crippen molar-refractivity contribution in [1.82, 2.24) is 19.7 Å². The first kappa shape index (κ1) is 18.5. The lowest BCUT2D eigenvalue weighted by Crippen LogP contribution is -2.14. The average molecular weight is 391 g/mol. The highest BCUT2D eigenvalue weighted by molar-refractivity contribution is 5.92. The van der Waals surface area contributed by atoms with Crippen molar-refractivity contribution in [1.29, 1.82) is 0 Å². The molecule has 1 amide bonds. The molecule has 29 heavy (non-hydrogen) atoms. The van der Waals surface area contributed by atoms with Crippen molar-refractivity contribution in [2.45, 2.75) is 19.8 Å². The first-order chi connectivity index (χ1) is 14.1. The number of halogens is 1. The van der Waals surface area contributed by atoms with Crippen LogP contribution in [-0.2, 0) is 11.2 Å². The summed E-state index contributed by atoms with van der Waals surface area (Å²) in [5.41, 5.74) is 2.57. The van der Waals surface area contributed by atoms with E-state index >= 15 is 0 Å². The van der Waals surface area contributed by atoms with E-state index in [9.17, 15) is 9.18 Å². The van der Waals surface area contributed by atoms with Gasteiger partial charge in [-0.3, -0.25) is 4.79 Å². The highest BCUT2D eigenvalue weighted by Crippen LogP contribution is 2.21. The molecule has 7 nitrogen and oxygen atoms in total. The van der Waals surface area contributed by atoms with Crippen molar-refractivity contribution in [3.63, 3.8) is 0 Å². The zero-order chi connectivity index (χ0) is 20.2. The van der Waals surface area contributed by atoms with Crippen molar-refractivity contribution in [2.24, 2.45) is 0 Å². The van der Waals surface area contributed by atoms with Gasteiger partial charge in [0.1, 0.15) is 5.82 Å². The van der Waals surface area contributed by atoms with E-state index in [-0.39, 0.29) is 24.6 Å². The molecule has 146 valence electrons. The summed E-state index contributed by atoms with van der Waals surface area (Å²) in [6, 6.07) is 12.2. The molecule has 0 fully saturated rings. The molecule has 1 N–H and O–H groups in total. The molecule has 0 radical (unpaired) electrons. The van der Waals surface area contributed by atoms with Crippen LogP contribution in [0.1, 0.15) is 17.9 Å². The van der Waals surface area contributed by atoms with Crippen LogP contribution in [-0.4, -0.2) is 25.6 Å². The van der Waals surface area contributed by atoms with E-state index in [4.69, 9.17) is 4.52 Å². The maximum Gasteiger partial charge on any atom is 0.227 e. The highest BCUT2D eigenvalue weighted by atomic mass is 19.1. The molecule has 2 heterocycles. The first-order valence-electron chi connectivity index (χ1n) is 9.06. The Hall–Kier alpha value is -3.81. The molecule has 0 aliphatic carbocycles. The van der Waals surface area contributed by atoms with Crippen LogP contribution >= 0.6 is 0 Å². The van der Waals surface area contributed by atoms with Crippen LogP contribution in [0, 0.1) is 12.7 Å². The number of benzene rings is 2. The van der Waals surface area contributed by atoms with Crippen LogP contribution in [0.5, 0.6) is 0 Å². The molecule has 0 atom stereocenters. The van der Waals surface area contributed by atoms with Crippen LogP contribution in [0.4, 0.5) is 10.1 Å². The zero-order valence-electron chi connectivity index (χ0n) is 15.7. The van der Waals surface area contributed by atoms with Gasteiger partial charge in [0.05, 0.1) is 17.7 Å². The van der Waals surface area contributed by atoms with Crippen LogP contribution in [0.15, 0.2) is 65.7 Å². The Morgan fingerprint density at radius 1 is 1.24 bits per heavy atom. The van der Waals surface area contributed by atoms with Gasteiger partial charge in [-0.05, 0) is 30.7 Å². The van der Waals surface area contributed by atoms with Gasteiger partial charge in [0.15, 0.2) is 0 Å². The minimum Gasteiger partial charge on any atom is -0.339 e. The van der Waals surface area contributed by atoms with Crippen molar-refractivity contribution >= 4 is 11.6 Å². The number of nitrogens with one attached hydrogen (secondary N) is 1. The van der Waals surface area contributed by atoms with Crippen molar-refractivity contribution in [2.75, 3.05) is 5.32 Å². The molecule has 0 bridgehead atoms. The molecule has 0 aliphatic heterocycles. The third-order valence-electron chi connectivity index (χ3n) is 4.42. The van der Waals surface area contributed by atoms with E-state index in [1.807, 2.05) is 28.8 Å². The molecular weight excluding hydrogens is 373 g/mol. The van der Waals surface area contributed by atoms with E-state index in [1.54, 1.807) is 37.8 Å². The average Bonchev–Trinajstić information content (AvgIpc) is 3.41. The van der Waals surface area contributed by atoms with Crippen molar-refractivity contribution in [3.8, 4) is 17.1 Å². The smallest absolute Gasteiger partial charge is 0.227 e. The van der Waals surface area contributed by atoms with Crippen LogP contribution in [0.25, 0.3) is 17.1 Å².